The summed E-state index contributed by atoms with van der Waals surface area (Å²) < 4.78 is 0. The predicted molar refractivity (Wildman–Crippen MR) is 110 cm³/mol. The average molecular weight is 446 g/mol. The van der Waals surface area contributed by atoms with Gasteiger partial charge < -0.3 is 25.6 Å². The number of hydrogen-bond acceptors (Lipinski definition) is 6. The van der Waals surface area contributed by atoms with Crippen LogP contribution in [0, 0.1) is 12.8 Å². The van der Waals surface area contributed by atoms with Crippen LogP contribution in [0.25, 0.3) is 0 Å². The quantitative estimate of drug-likeness (QED) is 0.543. The highest BCUT2D eigenvalue weighted by molar-refractivity contribution is 7.17. The molecule has 1 fully saturated rings. The van der Waals surface area contributed by atoms with Crippen LogP contribution >= 0.6 is 34.5 Å². The fourth-order valence-electron chi connectivity index (χ4n) is 3.34. The Bertz CT molecular complexity index is 884. The predicted octanol–water partition coefficient (Wildman–Crippen LogP) is 2.63. The minimum Gasteiger partial charge on any atom is -0.477 e. The van der Waals surface area contributed by atoms with Crippen LogP contribution in [-0.4, -0.2) is 59.7 Å². The van der Waals surface area contributed by atoms with E-state index in [2.05, 4.69) is 25.5 Å². The van der Waals surface area contributed by atoms with E-state index in [1.807, 2.05) is 7.05 Å². The molecule has 28 heavy (non-hydrogen) atoms. The number of hydrogen-bond donors (Lipinski definition) is 4. The second-order valence-corrected chi connectivity index (χ2v) is 8.46. The van der Waals surface area contributed by atoms with Gasteiger partial charge in [0.2, 0.25) is 0 Å². The summed E-state index contributed by atoms with van der Waals surface area (Å²) in [6.07, 6.45) is 2.08. The fourth-order valence-corrected chi connectivity index (χ4v) is 4.55. The topological polar surface area (TPSA) is 110 Å². The lowest BCUT2D eigenvalue weighted by molar-refractivity contribution is 0.0701. The number of rotatable bonds is 6. The molecule has 0 unspecified atom stereocenters. The van der Waals surface area contributed by atoms with E-state index < -0.39 is 5.97 Å². The first-order chi connectivity index (χ1) is 13.3. The highest BCUT2D eigenvalue weighted by Gasteiger charge is 2.32. The van der Waals surface area contributed by atoms with E-state index in [1.165, 1.54) is 6.20 Å². The van der Waals surface area contributed by atoms with Gasteiger partial charge in [-0.2, -0.15) is 0 Å². The van der Waals surface area contributed by atoms with Gasteiger partial charge in [-0.15, -0.1) is 0 Å². The Morgan fingerprint density at radius 2 is 2.18 bits per heavy atom. The Hall–Kier alpha value is -1.81. The second-order valence-electron chi connectivity index (χ2n) is 6.70. The molecule has 1 aliphatic heterocycles. The molecule has 4 N–H and O–H groups in total. The van der Waals surface area contributed by atoms with Gasteiger partial charge in [0.05, 0.1) is 16.2 Å². The summed E-state index contributed by atoms with van der Waals surface area (Å²) in [5.41, 5.74) is 0.914. The lowest BCUT2D eigenvalue weighted by Crippen LogP contribution is -2.53. The Morgan fingerprint density at radius 1 is 1.43 bits per heavy atom. The lowest BCUT2D eigenvalue weighted by atomic mass is 9.92. The number of H-pyrrole nitrogens is 1. The van der Waals surface area contributed by atoms with Gasteiger partial charge >= 0.3 is 5.97 Å². The Kier molecular flexibility index (Phi) is 6.49. The molecular formula is C17H21Cl2N5O3S. The number of nitrogens with zero attached hydrogens (tertiary/aromatic N) is 2. The smallest absolute Gasteiger partial charge is 0.347 e. The second kappa shape index (κ2) is 8.69. The Morgan fingerprint density at radius 3 is 2.75 bits per heavy atom. The van der Waals surface area contributed by atoms with Gasteiger partial charge in [0.1, 0.15) is 10.6 Å². The zero-order valence-electron chi connectivity index (χ0n) is 15.4. The maximum absolute atomic E-state index is 12.7. The van der Waals surface area contributed by atoms with Crippen molar-refractivity contribution in [2.45, 2.75) is 19.4 Å². The molecule has 0 saturated carbocycles. The molecule has 152 valence electrons. The van der Waals surface area contributed by atoms with Gasteiger partial charge in [-0.25, -0.2) is 9.78 Å². The number of carboxylic acids is 1. The monoisotopic (exact) mass is 445 g/mol. The number of nitrogens with one attached hydrogen (secondary N) is 3. The molecular weight excluding hydrogens is 425 g/mol. The van der Waals surface area contributed by atoms with E-state index in [0.29, 0.717) is 41.9 Å². The molecule has 1 aliphatic rings. The highest BCUT2D eigenvalue weighted by atomic mass is 35.5. The zero-order chi connectivity index (χ0) is 20.4. The van der Waals surface area contributed by atoms with Crippen molar-refractivity contribution in [3.05, 3.63) is 32.5 Å². The summed E-state index contributed by atoms with van der Waals surface area (Å²) >= 11 is 13.4. The van der Waals surface area contributed by atoms with Crippen molar-refractivity contribution in [2.24, 2.45) is 5.92 Å². The number of thiazole rings is 1. The zero-order valence-corrected chi connectivity index (χ0v) is 17.7. The standard InChI is InChI=1S/C17H21Cl2N5O3S/c1-8-12(18)13(19)14(22-8)15(25)23-10-3-4-24(7-9(10)5-20-2)17-21-6-11(28-17)16(26)27/h6,9-10,20,22H,3-5,7H2,1-2H3,(H,23,25)(H,26,27)/t9-,10+/m0/s1. The molecule has 1 saturated heterocycles. The lowest BCUT2D eigenvalue weighted by Gasteiger charge is -2.38. The summed E-state index contributed by atoms with van der Waals surface area (Å²) in [6, 6.07) is -0.0615. The first-order valence-electron chi connectivity index (χ1n) is 8.74. The van der Waals surface area contributed by atoms with Crippen LogP contribution in [0.15, 0.2) is 6.20 Å². The van der Waals surface area contributed by atoms with Gasteiger partial charge in [0, 0.05) is 37.3 Å². The van der Waals surface area contributed by atoms with E-state index in [-0.39, 0.29) is 33.5 Å². The van der Waals surface area contributed by atoms with Crippen LogP contribution in [0.5, 0.6) is 0 Å². The number of amides is 1. The average Bonchev–Trinajstić information content (AvgIpc) is 3.25. The molecule has 0 aromatic carbocycles. The van der Waals surface area contributed by atoms with Crippen molar-refractivity contribution in [1.29, 1.82) is 0 Å². The van der Waals surface area contributed by atoms with Crippen molar-refractivity contribution >= 4 is 51.5 Å². The van der Waals surface area contributed by atoms with Crippen LogP contribution < -0.4 is 15.5 Å². The van der Waals surface area contributed by atoms with Gasteiger partial charge in [-0.05, 0) is 20.4 Å². The number of aromatic carboxylic acids is 1. The van der Waals surface area contributed by atoms with Crippen molar-refractivity contribution in [1.82, 2.24) is 20.6 Å². The molecule has 2 aromatic heterocycles. The normalized spacial score (nSPS) is 19.6. The maximum Gasteiger partial charge on any atom is 0.347 e. The third-order valence-electron chi connectivity index (χ3n) is 4.77. The molecule has 0 spiro atoms. The molecule has 11 heteroatoms. The van der Waals surface area contributed by atoms with Gasteiger partial charge in [-0.1, -0.05) is 34.5 Å². The van der Waals surface area contributed by atoms with Crippen molar-refractivity contribution in [2.75, 3.05) is 31.6 Å². The highest BCUT2D eigenvalue weighted by Crippen LogP contribution is 2.30. The summed E-state index contributed by atoms with van der Waals surface area (Å²) in [5.74, 6) is -1.15. The van der Waals surface area contributed by atoms with Crippen LogP contribution in [0.4, 0.5) is 5.13 Å². The summed E-state index contributed by atoms with van der Waals surface area (Å²) in [4.78, 5) is 33.2. The first kappa shape index (κ1) is 20.9. The number of carboxylic acid groups (broad SMARTS) is 1. The van der Waals surface area contributed by atoms with Gasteiger partial charge in [0.25, 0.3) is 5.91 Å². The number of aromatic amines is 1. The number of carbonyl (C=O) groups is 2. The van der Waals surface area contributed by atoms with Crippen molar-refractivity contribution in [3.8, 4) is 0 Å². The molecule has 3 heterocycles. The molecule has 1 amide bonds. The maximum atomic E-state index is 12.7. The molecule has 0 bridgehead atoms. The first-order valence-corrected chi connectivity index (χ1v) is 10.3. The van der Waals surface area contributed by atoms with E-state index in [1.54, 1.807) is 6.92 Å². The molecule has 3 rings (SSSR count). The SMILES string of the molecule is CNC[C@H]1CN(c2ncc(C(=O)O)s2)CC[C@H]1NC(=O)c1[nH]c(C)c(Cl)c1Cl. The summed E-state index contributed by atoms with van der Waals surface area (Å²) in [5, 5.41) is 16.6. The molecule has 0 radical (unpaired) electrons. The minimum absolute atomic E-state index is 0.0615. The van der Waals surface area contributed by atoms with Crippen LogP contribution in [-0.2, 0) is 0 Å². The third kappa shape index (κ3) is 4.27. The number of halogens is 2. The minimum atomic E-state index is -0.977. The molecule has 2 atom stereocenters. The van der Waals surface area contributed by atoms with Gasteiger partial charge in [0.15, 0.2) is 5.13 Å². The third-order valence-corrected chi connectivity index (χ3v) is 6.77. The number of anilines is 1. The summed E-state index contributed by atoms with van der Waals surface area (Å²) in [6.45, 7) is 3.76. The Labute approximate surface area is 176 Å². The molecule has 0 aliphatic carbocycles. The van der Waals surface area contributed by atoms with Crippen LogP contribution in [0.3, 0.4) is 0 Å². The van der Waals surface area contributed by atoms with E-state index in [9.17, 15) is 9.59 Å². The van der Waals surface area contributed by atoms with Crippen molar-refractivity contribution in [3.63, 3.8) is 0 Å². The molecule has 2 aromatic rings. The van der Waals surface area contributed by atoms with E-state index in [0.717, 1.165) is 11.3 Å². The Balaban J connectivity index is 1.71. The van der Waals surface area contributed by atoms with Crippen LogP contribution in [0.2, 0.25) is 10.0 Å². The van der Waals surface area contributed by atoms with Gasteiger partial charge in [-0.3, -0.25) is 4.79 Å². The number of aryl methyl sites for hydroxylation is 1. The van der Waals surface area contributed by atoms with Crippen LogP contribution in [0.1, 0.15) is 32.3 Å². The largest absolute Gasteiger partial charge is 0.477 e. The number of aromatic nitrogens is 2. The number of piperidine rings is 1. The van der Waals surface area contributed by atoms with E-state index >= 15 is 0 Å². The summed E-state index contributed by atoms with van der Waals surface area (Å²) in [7, 11) is 1.86. The van der Waals surface area contributed by atoms with E-state index in [4.69, 9.17) is 28.3 Å². The van der Waals surface area contributed by atoms with Crippen molar-refractivity contribution < 1.29 is 14.7 Å². The molecule has 8 nitrogen and oxygen atoms in total. The number of carbonyl (C=O) groups excluding carboxylic acids is 1. The fraction of sp³-hybridized carbons (Fsp3) is 0.471.